The normalized spacial score (nSPS) is 26.4. The molecular formula is C18H36. The molecule has 0 aromatic carbocycles. The van der Waals surface area contributed by atoms with Crippen molar-refractivity contribution < 1.29 is 0 Å². The van der Waals surface area contributed by atoms with E-state index in [2.05, 4.69) is 39.8 Å². The fourth-order valence-electron chi connectivity index (χ4n) is 2.19. The van der Waals surface area contributed by atoms with Crippen molar-refractivity contribution in [2.45, 2.75) is 81.1 Å². The van der Waals surface area contributed by atoms with E-state index in [1.165, 1.54) is 38.5 Å². The van der Waals surface area contributed by atoms with Gasteiger partial charge >= 0.3 is 0 Å². The van der Waals surface area contributed by atoms with Crippen LogP contribution in [0.2, 0.25) is 0 Å². The molecule has 2 atom stereocenters. The first-order chi connectivity index (χ1) is 7.58. The summed E-state index contributed by atoms with van der Waals surface area (Å²) in [4.78, 5) is 0. The van der Waals surface area contributed by atoms with Crippen LogP contribution in [0.15, 0.2) is 23.3 Å². The van der Waals surface area contributed by atoms with Crippen LogP contribution in [0.4, 0.5) is 0 Å². The average molecular weight is 252 g/mol. The molecule has 0 aliphatic heterocycles. The summed E-state index contributed by atoms with van der Waals surface area (Å²) in [7, 11) is 0. The lowest BCUT2D eigenvalue weighted by Gasteiger charge is -2.14. The number of allylic oxidation sites excluding steroid dienone is 4. The minimum Gasteiger partial charge on any atom is -0.0853 e. The number of hydrogen-bond acceptors (Lipinski definition) is 0. The molecule has 2 rings (SSSR count). The van der Waals surface area contributed by atoms with Crippen LogP contribution < -0.4 is 0 Å². The third kappa shape index (κ3) is 8.55. The molecule has 0 heterocycles. The molecule has 2 unspecified atom stereocenters. The molecule has 18 heavy (non-hydrogen) atoms. The largest absolute Gasteiger partial charge is 0.0853 e. The second-order valence-electron chi connectivity index (χ2n) is 5.86. The summed E-state index contributed by atoms with van der Waals surface area (Å²) < 4.78 is 0. The molecule has 0 nitrogen and oxygen atoms in total. The molecular weight excluding hydrogens is 216 g/mol. The van der Waals surface area contributed by atoms with Crippen LogP contribution >= 0.6 is 0 Å². The van der Waals surface area contributed by atoms with Crippen molar-refractivity contribution >= 4 is 0 Å². The van der Waals surface area contributed by atoms with Gasteiger partial charge in [0.1, 0.15) is 0 Å². The number of hydrogen-bond donors (Lipinski definition) is 0. The first-order valence-corrected chi connectivity index (χ1v) is 6.89. The van der Waals surface area contributed by atoms with Gasteiger partial charge in [0.15, 0.2) is 0 Å². The zero-order valence-corrected chi connectivity index (χ0v) is 11.6. The molecule has 0 heteroatoms. The lowest BCUT2D eigenvalue weighted by Crippen LogP contribution is -1.98. The maximum atomic E-state index is 2.37. The lowest BCUT2D eigenvalue weighted by atomic mass is 9.92. The zero-order valence-electron chi connectivity index (χ0n) is 11.6. The quantitative estimate of drug-likeness (QED) is 0.417. The van der Waals surface area contributed by atoms with E-state index in [-0.39, 0.29) is 14.9 Å². The molecule has 0 saturated heterocycles. The maximum Gasteiger partial charge on any atom is -0.0320 e. The molecule has 0 saturated carbocycles. The summed E-state index contributed by atoms with van der Waals surface area (Å²) in [5.41, 5.74) is 3.17. The standard InChI is InChI=1S/2C8H14.2CH4/c2*1-7-3-5-8(2)6-4-7;;/h2*3,8H,4-6H2,1-2H3;2*1H4. The van der Waals surface area contributed by atoms with Crippen molar-refractivity contribution in [2.75, 3.05) is 0 Å². The molecule has 0 N–H and O–H groups in total. The highest BCUT2D eigenvalue weighted by molar-refractivity contribution is 5.02. The smallest absolute Gasteiger partial charge is 0.0320 e. The topological polar surface area (TPSA) is 0 Å². The van der Waals surface area contributed by atoms with Gasteiger partial charge in [0.25, 0.3) is 0 Å². The third-order valence-electron chi connectivity index (χ3n) is 3.80. The summed E-state index contributed by atoms with van der Waals surface area (Å²) in [6.45, 7) is 9.10. The summed E-state index contributed by atoms with van der Waals surface area (Å²) in [6.07, 6.45) is 12.8. The van der Waals surface area contributed by atoms with Gasteiger partial charge in [0.05, 0.1) is 0 Å². The molecule has 2 aliphatic rings. The fourth-order valence-corrected chi connectivity index (χ4v) is 2.19. The third-order valence-corrected chi connectivity index (χ3v) is 3.80. The Kier molecular flexibility index (Phi) is 11.5. The van der Waals surface area contributed by atoms with Crippen molar-refractivity contribution in [3.05, 3.63) is 23.3 Å². The van der Waals surface area contributed by atoms with Gasteiger partial charge in [-0.25, -0.2) is 0 Å². The monoisotopic (exact) mass is 252 g/mol. The van der Waals surface area contributed by atoms with E-state index in [0.29, 0.717) is 0 Å². The highest BCUT2D eigenvalue weighted by Crippen LogP contribution is 2.22. The Morgan fingerprint density at radius 2 is 1.11 bits per heavy atom. The van der Waals surface area contributed by atoms with Crippen molar-refractivity contribution in [1.82, 2.24) is 0 Å². The highest BCUT2D eigenvalue weighted by Gasteiger charge is 2.05. The molecule has 0 radical (unpaired) electrons. The Morgan fingerprint density at radius 1 is 0.778 bits per heavy atom. The Hall–Kier alpha value is -0.520. The molecule has 0 aromatic heterocycles. The minimum absolute atomic E-state index is 0. The van der Waals surface area contributed by atoms with Crippen LogP contribution in [0.5, 0.6) is 0 Å². The van der Waals surface area contributed by atoms with Gasteiger partial charge in [0.2, 0.25) is 0 Å². The van der Waals surface area contributed by atoms with Crippen LogP contribution in [0.1, 0.15) is 81.1 Å². The van der Waals surface area contributed by atoms with Gasteiger partial charge in [-0.2, -0.15) is 0 Å². The van der Waals surface area contributed by atoms with Gasteiger partial charge < -0.3 is 0 Å². The van der Waals surface area contributed by atoms with E-state index in [9.17, 15) is 0 Å². The van der Waals surface area contributed by atoms with Crippen LogP contribution in [-0.4, -0.2) is 0 Å². The predicted octanol–water partition coefficient (Wildman–Crippen LogP) is 6.78. The van der Waals surface area contributed by atoms with Gasteiger partial charge in [-0.15, -0.1) is 0 Å². The van der Waals surface area contributed by atoms with Crippen LogP contribution in [0, 0.1) is 11.8 Å². The zero-order chi connectivity index (χ0) is 12.0. The van der Waals surface area contributed by atoms with E-state index >= 15 is 0 Å². The van der Waals surface area contributed by atoms with Crippen molar-refractivity contribution in [3.8, 4) is 0 Å². The summed E-state index contributed by atoms with van der Waals surface area (Å²) in [5, 5.41) is 0. The summed E-state index contributed by atoms with van der Waals surface area (Å²) >= 11 is 0. The van der Waals surface area contributed by atoms with Gasteiger partial charge in [-0.3, -0.25) is 0 Å². The summed E-state index contributed by atoms with van der Waals surface area (Å²) in [6, 6.07) is 0. The van der Waals surface area contributed by atoms with Crippen molar-refractivity contribution in [2.24, 2.45) is 11.8 Å². The lowest BCUT2D eigenvalue weighted by molar-refractivity contribution is 0.514. The van der Waals surface area contributed by atoms with Gasteiger partial charge in [-0.1, -0.05) is 52.0 Å². The molecule has 0 bridgehead atoms. The SMILES string of the molecule is C.C.CC1=CCC(C)CC1.CC1=CCC(C)CC1. The molecule has 2 aliphatic carbocycles. The van der Waals surface area contributed by atoms with E-state index < -0.39 is 0 Å². The second-order valence-corrected chi connectivity index (χ2v) is 5.86. The fraction of sp³-hybridized carbons (Fsp3) is 0.778. The van der Waals surface area contributed by atoms with Crippen molar-refractivity contribution in [3.63, 3.8) is 0 Å². The van der Waals surface area contributed by atoms with E-state index in [0.717, 1.165) is 11.8 Å². The van der Waals surface area contributed by atoms with Gasteiger partial charge in [0, 0.05) is 0 Å². The van der Waals surface area contributed by atoms with E-state index in [1.807, 2.05) is 0 Å². The average Bonchev–Trinajstić information content (AvgIpc) is 2.28. The predicted molar refractivity (Wildman–Crippen MR) is 87.0 cm³/mol. The Balaban J connectivity index is 0. The van der Waals surface area contributed by atoms with E-state index in [1.54, 1.807) is 11.1 Å². The minimum atomic E-state index is 0. The maximum absolute atomic E-state index is 2.37. The Bertz CT molecular complexity index is 229. The highest BCUT2D eigenvalue weighted by atomic mass is 14.1. The number of rotatable bonds is 0. The first-order valence-electron chi connectivity index (χ1n) is 6.89. The second kappa shape index (κ2) is 10.4. The molecule has 0 amide bonds. The van der Waals surface area contributed by atoms with Crippen LogP contribution in [0.3, 0.4) is 0 Å². The molecule has 0 fully saturated rings. The van der Waals surface area contributed by atoms with Crippen molar-refractivity contribution in [1.29, 1.82) is 0 Å². The Morgan fingerprint density at radius 3 is 1.28 bits per heavy atom. The molecule has 0 spiro atoms. The van der Waals surface area contributed by atoms with E-state index in [4.69, 9.17) is 0 Å². The summed E-state index contributed by atoms with van der Waals surface area (Å²) in [5.74, 6) is 1.89. The molecule has 0 aromatic rings. The van der Waals surface area contributed by atoms with Crippen LogP contribution in [0.25, 0.3) is 0 Å². The molecule has 108 valence electrons. The first kappa shape index (κ1) is 19.8. The van der Waals surface area contributed by atoms with Crippen LogP contribution in [-0.2, 0) is 0 Å². The Labute approximate surface area is 117 Å². The van der Waals surface area contributed by atoms with Gasteiger partial charge in [-0.05, 0) is 64.2 Å².